The van der Waals surface area contributed by atoms with Gasteiger partial charge in [-0.25, -0.2) is 0 Å². The Labute approximate surface area is 168 Å². The molecule has 3 rings (SSSR count). The molecule has 0 bridgehead atoms. The summed E-state index contributed by atoms with van der Waals surface area (Å²) in [7, 11) is 0. The standard InChI is InChI=1S/C22H19ClN2O3/c1-15(22(27)25-24-19-5-3-2-4-6-19)28-20-13-9-17(10-14-20)21(26)16-7-11-18(23)12-8-16/h2-15,24H,1H3,(H,25,27). The number of hydrogen-bond acceptors (Lipinski definition) is 4. The van der Waals surface area contributed by atoms with Crippen molar-refractivity contribution in [3.8, 4) is 5.75 Å². The van der Waals surface area contributed by atoms with Crippen LogP contribution in [0.4, 0.5) is 5.69 Å². The van der Waals surface area contributed by atoms with Crippen molar-refractivity contribution in [1.82, 2.24) is 5.43 Å². The third-order valence-electron chi connectivity index (χ3n) is 4.01. The normalized spacial score (nSPS) is 11.4. The van der Waals surface area contributed by atoms with Gasteiger partial charge in [-0.1, -0.05) is 29.8 Å². The monoisotopic (exact) mass is 394 g/mol. The van der Waals surface area contributed by atoms with Crippen molar-refractivity contribution < 1.29 is 14.3 Å². The Balaban J connectivity index is 1.56. The predicted molar refractivity (Wildman–Crippen MR) is 110 cm³/mol. The molecule has 0 aromatic heterocycles. The predicted octanol–water partition coefficient (Wildman–Crippen LogP) is 4.48. The molecular formula is C22H19ClN2O3. The molecule has 142 valence electrons. The molecule has 2 N–H and O–H groups in total. The van der Waals surface area contributed by atoms with E-state index >= 15 is 0 Å². The number of halogens is 1. The number of carbonyl (C=O) groups is 2. The van der Waals surface area contributed by atoms with Crippen molar-refractivity contribution in [2.45, 2.75) is 13.0 Å². The molecular weight excluding hydrogens is 376 g/mol. The molecule has 0 saturated carbocycles. The lowest BCUT2D eigenvalue weighted by atomic mass is 10.0. The summed E-state index contributed by atoms with van der Waals surface area (Å²) in [6.45, 7) is 1.65. The molecule has 0 aliphatic heterocycles. The summed E-state index contributed by atoms with van der Waals surface area (Å²) in [6.07, 6.45) is -0.714. The number of carbonyl (C=O) groups excluding carboxylic acids is 2. The van der Waals surface area contributed by atoms with Gasteiger partial charge in [-0.15, -0.1) is 0 Å². The van der Waals surface area contributed by atoms with Gasteiger partial charge in [-0.05, 0) is 67.6 Å². The zero-order valence-electron chi connectivity index (χ0n) is 15.2. The fourth-order valence-electron chi connectivity index (χ4n) is 2.47. The van der Waals surface area contributed by atoms with Crippen molar-refractivity contribution >= 4 is 29.0 Å². The van der Waals surface area contributed by atoms with Gasteiger partial charge in [0.05, 0.1) is 5.69 Å². The zero-order valence-corrected chi connectivity index (χ0v) is 15.9. The summed E-state index contributed by atoms with van der Waals surface area (Å²) in [5, 5.41) is 0.578. The number of hydrogen-bond donors (Lipinski definition) is 2. The second kappa shape index (κ2) is 9.06. The molecule has 3 aromatic rings. The Kier molecular flexibility index (Phi) is 6.29. The molecule has 6 heteroatoms. The molecule has 28 heavy (non-hydrogen) atoms. The van der Waals surface area contributed by atoms with Crippen LogP contribution >= 0.6 is 11.6 Å². The van der Waals surface area contributed by atoms with Gasteiger partial charge < -0.3 is 4.74 Å². The molecule has 3 aromatic carbocycles. The largest absolute Gasteiger partial charge is 0.481 e. The molecule has 5 nitrogen and oxygen atoms in total. The topological polar surface area (TPSA) is 67.4 Å². The van der Waals surface area contributed by atoms with E-state index in [9.17, 15) is 9.59 Å². The molecule has 0 spiro atoms. The number of benzene rings is 3. The number of anilines is 1. The van der Waals surface area contributed by atoms with Crippen molar-refractivity contribution in [1.29, 1.82) is 0 Å². The zero-order chi connectivity index (χ0) is 19.9. The van der Waals surface area contributed by atoms with Crippen LogP contribution in [0.3, 0.4) is 0 Å². The summed E-state index contributed by atoms with van der Waals surface area (Å²) in [4.78, 5) is 24.6. The minimum Gasteiger partial charge on any atom is -0.481 e. The maximum absolute atomic E-state index is 12.5. The third-order valence-corrected chi connectivity index (χ3v) is 4.26. The van der Waals surface area contributed by atoms with Crippen LogP contribution in [0, 0.1) is 0 Å². The van der Waals surface area contributed by atoms with Gasteiger partial charge in [-0.2, -0.15) is 0 Å². The van der Waals surface area contributed by atoms with Gasteiger partial charge in [0.2, 0.25) is 0 Å². The minimum absolute atomic E-state index is 0.110. The van der Waals surface area contributed by atoms with Crippen LogP contribution in [-0.4, -0.2) is 17.8 Å². The van der Waals surface area contributed by atoms with E-state index in [1.807, 2.05) is 30.3 Å². The van der Waals surface area contributed by atoms with Crippen molar-refractivity contribution in [2.24, 2.45) is 0 Å². The van der Waals surface area contributed by atoms with Crippen LogP contribution in [0.1, 0.15) is 22.8 Å². The summed E-state index contributed by atoms with van der Waals surface area (Å²) in [5.74, 6) is 0.0706. The number of hydrazine groups is 1. The average Bonchev–Trinajstić information content (AvgIpc) is 2.73. The lowest BCUT2D eigenvalue weighted by Crippen LogP contribution is -2.39. The number of ether oxygens (including phenoxy) is 1. The summed E-state index contributed by atoms with van der Waals surface area (Å²) in [6, 6.07) is 22.7. The number of amides is 1. The van der Waals surface area contributed by atoms with E-state index in [4.69, 9.17) is 16.3 Å². The molecule has 0 heterocycles. The highest BCUT2D eigenvalue weighted by molar-refractivity contribution is 6.30. The lowest BCUT2D eigenvalue weighted by molar-refractivity contribution is -0.126. The van der Waals surface area contributed by atoms with Crippen LogP contribution in [-0.2, 0) is 4.79 Å². The molecule has 1 unspecified atom stereocenters. The van der Waals surface area contributed by atoms with Crippen molar-refractivity contribution in [3.63, 3.8) is 0 Å². The first-order valence-corrected chi connectivity index (χ1v) is 9.08. The van der Waals surface area contributed by atoms with Gasteiger partial charge in [0.15, 0.2) is 11.9 Å². The molecule has 0 fully saturated rings. The second-order valence-corrected chi connectivity index (χ2v) is 6.54. The van der Waals surface area contributed by atoms with Crippen molar-refractivity contribution in [2.75, 3.05) is 5.43 Å². The number of nitrogens with one attached hydrogen (secondary N) is 2. The number of para-hydroxylation sites is 1. The number of rotatable bonds is 7. The van der Waals surface area contributed by atoms with Gasteiger partial charge in [0, 0.05) is 16.1 Å². The quantitative estimate of drug-likeness (QED) is 0.458. The van der Waals surface area contributed by atoms with Crippen LogP contribution < -0.4 is 15.6 Å². The van der Waals surface area contributed by atoms with E-state index in [1.165, 1.54) is 0 Å². The molecule has 1 atom stereocenters. The van der Waals surface area contributed by atoms with E-state index in [2.05, 4.69) is 10.9 Å². The highest BCUT2D eigenvalue weighted by atomic mass is 35.5. The van der Waals surface area contributed by atoms with E-state index in [0.29, 0.717) is 21.9 Å². The van der Waals surface area contributed by atoms with Gasteiger partial charge in [-0.3, -0.25) is 20.4 Å². The lowest BCUT2D eigenvalue weighted by Gasteiger charge is -2.16. The molecule has 0 aliphatic carbocycles. The molecule has 0 aliphatic rings. The molecule has 0 saturated heterocycles. The van der Waals surface area contributed by atoms with Crippen molar-refractivity contribution in [3.05, 3.63) is 95.0 Å². The van der Waals surface area contributed by atoms with Gasteiger partial charge >= 0.3 is 0 Å². The average molecular weight is 395 g/mol. The fourth-order valence-corrected chi connectivity index (χ4v) is 2.59. The minimum atomic E-state index is -0.714. The van der Waals surface area contributed by atoms with E-state index < -0.39 is 6.10 Å². The second-order valence-electron chi connectivity index (χ2n) is 6.10. The SMILES string of the molecule is CC(Oc1ccc(C(=O)c2ccc(Cl)cc2)cc1)C(=O)NNc1ccccc1. The summed E-state index contributed by atoms with van der Waals surface area (Å²) in [5.41, 5.74) is 7.27. The molecule has 0 radical (unpaired) electrons. The highest BCUT2D eigenvalue weighted by Gasteiger charge is 2.15. The van der Waals surface area contributed by atoms with Crippen LogP contribution in [0.5, 0.6) is 5.75 Å². The Morgan fingerprint density at radius 2 is 1.43 bits per heavy atom. The van der Waals surface area contributed by atoms with Crippen LogP contribution in [0.15, 0.2) is 78.9 Å². The van der Waals surface area contributed by atoms with E-state index in [0.717, 1.165) is 5.69 Å². The van der Waals surface area contributed by atoms with Crippen LogP contribution in [0.25, 0.3) is 0 Å². The third kappa shape index (κ3) is 5.11. The first-order chi connectivity index (χ1) is 13.5. The number of ketones is 1. The Hall–Kier alpha value is -3.31. The Bertz CT molecular complexity index is 942. The maximum Gasteiger partial charge on any atom is 0.279 e. The first kappa shape index (κ1) is 19.5. The summed E-state index contributed by atoms with van der Waals surface area (Å²) < 4.78 is 5.64. The smallest absolute Gasteiger partial charge is 0.279 e. The highest BCUT2D eigenvalue weighted by Crippen LogP contribution is 2.18. The molecule has 1 amide bonds. The van der Waals surface area contributed by atoms with E-state index in [1.54, 1.807) is 55.5 Å². The fraction of sp³-hybridized carbons (Fsp3) is 0.0909. The first-order valence-electron chi connectivity index (χ1n) is 8.71. The van der Waals surface area contributed by atoms with Crippen LogP contribution in [0.2, 0.25) is 5.02 Å². The van der Waals surface area contributed by atoms with E-state index in [-0.39, 0.29) is 11.7 Å². The Morgan fingerprint density at radius 3 is 2.04 bits per heavy atom. The van der Waals surface area contributed by atoms with Gasteiger partial charge in [0.1, 0.15) is 5.75 Å². The maximum atomic E-state index is 12.5. The summed E-state index contributed by atoms with van der Waals surface area (Å²) >= 11 is 5.85. The van der Waals surface area contributed by atoms with Gasteiger partial charge in [0.25, 0.3) is 5.91 Å². The Morgan fingerprint density at radius 1 is 0.857 bits per heavy atom.